The number of likely N-dealkylation sites (tertiary alicyclic amines) is 1. The number of rotatable bonds is 8. The van der Waals surface area contributed by atoms with E-state index in [0.29, 0.717) is 45.3 Å². The number of benzene rings is 1. The van der Waals surface area contributed by atoms with Crippen LogP contribution in [0.1, 0.15) is 37.7 Å². The molecule has 1 fully saturated rings. The number of amides is 2. The van der Waals surface area contributed by atoms with Crippen molar-refractivity contribution in [2.45, 2.75) is 38.5 Å². The first kappa shape index (κ1) is 19.9. The minimum atomic E-state index is -0.840. The molecule has 1 aliphatic rings. The number of aryl methyl sites for hydroxylation is 1. The van der Waals surface area contributed by atoms with Gasteiger partial charge in [-0.05, 0) is 31.2 Å². The van der Waals surface area contributed by atoms with Crippen LogP contribution in [0.3, 0.4) is 0 Å². The highest BCUT2D eigenvalue weighted by Crippen LogP contribution is 2.20. The Bertz CT molecular complexity index is 609. The summed E-state index contributed by atoms with van der Waals surface area (Å²) in [5.74, 6) is -0.697. The quantitative estimate of drug-likeness (QED) is 0.771. The number of nitrogens with zero attached hydrogens (tertiary/aromatic N) is 2. The summed E-state index contributed by atoms with van der Waals surface area (Å²) >= 11 is 0. The fourth-order valence-corrected chi connectivity index (χ4v) is 3.32. The van der Waals surface area contributed by atoms with Crippen molar-refractivity contribution in [3.8, 4) is 0 Å². The minimum Gasteiger partial charge on any atom is -0.481 e. The Kier molecular flexibility index (Phi) is 7.63. The van der Waals surface area contributed by atoms with E-state index in [0.717, 1.165) is 12.0 Å². The fourth-order valence-electron chi connectivity index (χ4n) is 3.32. The second-order valence-electron chi connectivity index (χ2n) is 6.90. The lowest BCUT2D eigenvalue weighted by Crippen LogP contribution is -2.43. The van der Waals surface area contributed by atoms with E-state index >= 15 is 0 Å². The SMILES string of the molecule is CN(CCCC(=O)O)C(=O)C1CCN(C(=O)CCc2ccccc2)CC1. The summed E-state index contributed by atoms with van der Waals surface area (Å²) in [5, 5.41) is 8.67. The lowest BCUT2D eigenvalue weighted by Gasteiger charge is -2.33. The van der Waals surface area contributed by atoms with Gasteiger partial charge >= 0.3 is 5.97 Å². The van der Waals surface area contributed by atoms with Gasteiger partial charge in [0.25, 0.3) is 0 Å². The molecule has 0 unspecified atom stereocenters. The highest BCUT2D eigenvalue weighted by molar-refractivity contribution is 5.80. The third-order valence-corrected chi connectivity index (χ3v) is 4.93. The maximum Gasteiger partial charge on any atom is 0.303 e. The maximum absolute atomic E-state index is 12.4. The van der Waals surface area contributed by atoms with Gasteiger partial charge in [-0.25, -0.2) is 0 Å². The Morgan fingerprint density at radius 2 is 1.77 bits per heavy atom. The maximum atomic E-state index is 12.4. The van der Waals surface area contributed by atoms with Crippen molar-refractivity contribution in [3.63, 3.8) is 0 Å². The molecule has 1 heterocycles. The first-order chi connectivity index (χ1) is 12.5. The number of carbonyl (C=O) groups is 3. The average Bonchev–Trinajstić information content (AvgIpc) is 2.66. The number of hydrogen-bond acceptors (Lipinski definition) is 3. The highest BCUT2D eigenvalue weighted by atomic mass is 16.4. The number of hydrogen-bond donors (Lipinski definition) is 1. The van der Waals surface area contributed by atoms with E-state index in [1.54, 1.807) is 11.9 Å². The van der Waals surface area contributed by atoms with Crippen LogP contribution in [-0.2, 0) is 20.8 Å². The molecule has 2 amide bonds. The summed E-state index contributed by atoms with van der Waals surface area (Å²) in [5.41, 5.74) is 1.16. The Balaban J connectivity index is 1.71. The number of carbonyl (C=O) groups excluding carboxylic acids is 2. The topological polar surface area (TPSA) is 77.9 Å². The molecule has 0 aliphatic carbocycles. The van der Waals surface area contributed by atoms with Crippen LogP contribution in [0.4, 0.5) is 0 Å². The summed E-state index contributed by atoms with van der Waals surface area (Å²) in [7, 11) is 1.72. The number of carboxylic acid groups (broad SMARTS) is 1. The summed E-state index contributed by atoms with van der Waals surface area (Å²) < 4.78 is 0. The van der Waals surface area contributed by atoms with Crippen molar-refractivity contribution in [1.82, 2.24) is 9.80 Å². The Morgan fingerprint density at radius 1 is 1.12 bits per heavy atom. The first-order valence-corrected chi connectivity index (χ1v) is 9.26. The zero-order valence-electron chi connectivity index (χ0n) is 15.4. The molecule has 1 aromatic carbocycles. The van der Waals surface area contributed by atoms with E-state index in [2.05, 4.69) is 0 Å². The van der Waals surface area contributed by atoms with Gasteiger partial charge in [-0.2, -0.15) is 0 Å². The predicted molar refractivity (Wildman–Crippen MR) is 98.6 cm³/mol. The third-order valence-electron chi connectivity index (χ3n) is 4.93. The van der Waals surface area contributed by atoms with E-state index < -0.39 is 5.97 Å². The van der Waals surface area contributed by atoms with E-state index in [9.17, 15) is 14.4 Å². The average molecular weight is 360 g/mol. The molecule has 6 nitrogen and oxygen atoms in total. The summed E-state index contributed by atoms with van der Waals surface area (Å²) in [6, 6.07) is 9.97. The van der Waals surface area contributed by atoms with Gasteiger partial charge < -0.3 is 14.9 Å². The van der Waals surface area contributed by atoms with Gasteiger partial charge in [-0.3, -0.25) is 14.4 Å². The van der Waals surface area contributed by atoms with Crippen LogP contribution in [0.5, 0.6) is 0 Å². The molecule has 142 valence electrons. The highest BCUT2D eigenvalue weighted by Gasteiger charge is 2.28. The Morgan fingerprint density at radius 3 is 2.38 bits per heavy atom. The molecule has 0 atom stereocenters. The van der Waals surface area contributed by atoms with E-state index in [1.807, 2.05) is 35.2 Å². The largest absolute Gasteiger partial charge is 0.481 e. The van der Waals surface area contributed by atoms with Crippen molar-refractivity contribution in [3.05, 3.63) is 35.9 Å². The van der Waals surface area contributed by atoms with Gasteiger partial charge in [-0.1, -0.05) is 30.3 Å². The van der Waals surface area contributed by atoms with Crippen LogP contribution in [0, 0.1) is 5.92 Å². The first-order valence-electron chi connectivity index (χ1n) is 9.26. The van der Waals surface area contributed by atoms with E-state index in [1.165, 1.54) is 0 Å². The van der Waals surface area contributed by atoms with Crippen LogP contribution in [-0.4, -0.2) is 59.4 Å². The van der Waals surface area contributed by atoms with Gasteiger partial charge in [0, 0.05) is 45.4 Å². The van der Waals surface area contributed by atoms with Gasteiger partial charge in [0.2, 0.25) is 11.8 Å². The van der Waals surface area contributed by atoms with Gasteiger partial charge in [-0.15, -0.1) is 0 Å². The molecule has 0 saturated carbocycles. The monoisotopic (exact) mass is 360 g/mol. The lowest BCUT2D eigenvalue weighted by molar-refractivity contribution is -0.140. The number of piperidine rings is 1. The van der Waals surface area contributed by atoms with Crippen molar-refractivity contribution < 1.29 is 19.5 Å². The minimum absolute atomic E-state index is 0.0618. The molecular weight excluding hydrogens is 332 g/mol. The summed E-state index contributed by atoms with van der Waals surface area (Å²) in [4.78, 5) is 38.8. The molecule has 1 saturated heterocycles. The number of aliphatic carboxylic acids is 1. The van der Waals surface area contributed by atoms with E-state index in [4.69, 9.17) is 5.11 Å². The summed E-state index contributed by atoms with van der Waals surface area (Å²) in [6.45, 7) is 1.70. The molecule has 2 rings (SSSR count). The lowest BCUT2D eigenvalue weighted by atomic mass is 9.95. The van der Waals surface area contributed by atoms with Crippen LogP contribution in [0.25, 0.3) is 0 Å². The van der Waals surface area contributed by atoms with E-state index in [-0.39, 0.29) is 24.2 Å². The molecule has 1 aromatic rings. The zero-order chi connectivity index (χ0) is 18.9. The second kappa shape index (κ2) is 9.94. The van der Waals surface area contributed by atoms with Crippen LogP contribution >= 0.6 is 0 Å². The van der Waals surface area contributed by atoms with Crippen molar-refractivity contribution in [2.24, 2.45) is 5.92 Å². The molecule has 0 radical (unpaired) electrons. The molecule has 0 aromatic heterocycles. The fraction of sp³-hybridized carbons (Fsp3) is 0.550. The molecule has 0 bridgehead atoms. The molecular formula is C20H28N2O4. The molecule has 26 heavy (non-hydrogen) atoms. The van der Waals surface area contributed by atoms with Gasteiger partial charge in [0.05, 0.1) is 0 Å². The second-order valence-corrected chi connectivity index (χ2v) is 6.90. The molecule has 1 N–H and O–H groups in total. The third kappa shape index (κ3) is 6.17. The smallest absolute Gasteiger partial charge is 0.303 e. The van der Waals surface area contributed by atoms with Crippen LogP contribution in [0.2, 0.25) is 0 Å². The molecule has 1 aliphatic heterocycles. The Labute approximate surface area is 154 Å². The number of carboxylic acids is 1. The predicted octanol–water partition coefficient (Wildman–Crippen LogP) is 2.18. The molecule has 6 heteroatoms. The summed E-state index contributed by atoms with van der Waals surface area (Å²) in [6.07, 6.45) is 3.14. The van der Waals surface area contributed by atoms with Gasteiger partial charge in [0.1, 0.15) is 0 Å². The van der Waals surface area contributed by atoms with Crippen molar-refractivity contribution >= 4 is 17.8 Å². The van der Waals surface area contributed by atoms with Crippen LogP contribution < -0.4 is 0 Å². The van der Waals surface area contributed by atoms with Gasteiger partial charge in [0.15, 0.2) is 0 Å². The van der Waals surface area contributed by atoms with Crippen LogP contribution in [0.15, 0.2) is 30.3 Å². The zero-order valence-corrected chi connectivity index (χ0v) is 15.4. The van der Waals surface area contributed by atoms with Crippen molar-refractivity contribution in [1.29, 1.82) is 0 Å². The standard InChI is InChI=1S/C20H28N2O4/c1-21(13-5-8-19(24)25)20(26)17-11-14-22(15-12-17)18(23)10-9-16-6-3-2-4-7-16/h2-4,6-7,17H,5,8-15H2,1H3,(H,24,25). The normalized spacial score (nSPS) is 14.9. The molecule has 0 spiro atoms. The van der Waals surface area contributed by atoms with Crippen molar-refractivity contribution in [2.75, 3.05) is 26.7 Å². The Hall–Kier alpha value is -2.37.